The van der Waals surface area contributed by atoms with Crippen molar-refractivity contribution >= 4 is 0 Å². The standard InChI is InChI=1S/C28H33NO2/c30-18-10-2-9-17-29-20-24-13-5-7-15-27(24)28-16-8-6-14-25(28)21-31-22-26(29)19-23-11-3-1-4-12-23/h1,3-8,11-16,26,30H,2,9-10,17-22H2/t26-/m0/s1. The first-order valence-electron chi connectivity index (χ1n) is 11.5. The van der Waals surface area contributed by atoms with E-state index in [1.165, 1.54) is 27.8 Å². The number of aliphatic hydroxyl groups excluding tert-OH is 1. The van der Waals surface area contributed by atoms with E-state index in [1.807, 2.05) is 0 Å². The Labute approximate surface area is 186 Å². The van der Waals surface area contributed by atoms with Crippen LogP contribution in [0.15, 0.2) is 78.9 Å². The van der Waals surface area contributed by atoms with Gasteiger partial charge in [-0.3, -0.25) is 4.90 Å². The molecule has 1 aliphatic rings. The maximum absolute atomic E-state index is 9.19. The molecule has 1 heterocycles. The van der Waals surface area contributed by atoms with Crippen molar-refractivity contribution in [3.05, 3.63) is 95.6 Å². The van der Waals surface area contributed by atoms with Crippen molar-refractivity contribution in [1.82, 2.24) is 4.90 Å². The summed E-state index contributed by atoms with van der Waals surface area (Å²) >= 11 is 0. The number of nitrogens with zero attached hydrogens (tertiary/aromatic N) is 1. The number of unbranched alkanes of at least 4 members (excludes halogenated alkanes) is 2. The highest BCUT2D eigenvalue weighted by Gasteiger charge is 2.23. The first-order valence-corrected chi connectivity index (χ1v) is 11.5. The van der Waals surface area contributed by atoms with Crippen LogP contribution in [-0.2, 0) is 24.3 Å². The number of ether oxygens (including phenoxy) is 1. The molecule has 0 bridgehead atoms. The van der Waals surface area contributed by atoms with Crippen LogP contribution in [0.4, 0.5) is 0 Å². The molecule has 3 aromatic rings. The minimum atomic E-state index is 0.274. The molecule has 4 rings (SSSR count). The van der Waals surface area contributed by atoms with Gasteiger partial charge in [0.1, 0.15) is 0 Å². The van der Waals surface area contributed by atoms with Crippen molar-refractivity contribution in [2.24, 2.45) is 0 Å². The van der Waals surface area contributed by atoms with E-state index in [1.54, 1.807) is 0 Å². The van der Waals surface area contributed by atoms with Gasteiger partial charge in [0, 0.05) is 19.2 Å². The summed E-state index contributed by atoms with van der Waals surface area (Å²) in [6, 6.07) is 28.5. The quantitative estimate of drug-likeness (QED) is 0.520. The summed E-state index contributed by atoms with van der Waals surface area (Å²) in [5, 5.41) is 9.19. The molecule has 162 valence electrons. The Morgan fingerprint density at radius 2 is 1.45 bits per heavy atom. The summed E-state index contributed by atoms with van der Waals surface area (Å²) in [5.74, 6) is 0. The average Bonchev–Trinajstić information content (AvgIpc) is 2.82. The van der Waals surface area contributed by atoms with Gasteiger partial charge < -0.3 is 9.84 Å². The van der Waals surface area contributed by atoms with E-state index in [0.717, 1.165) is 38.8 Å². The van der Waals surface area contributed by atoms with Crippen molar-refractivity contribution in [3.8, 4) is 11.1 Å². The molecule has 1 aliphatic heterocycles. The highest BCUT2D eigenvalue weighted by Crippen LogP contribution is 2.30. The molecule has 0 fully saturated rings. The second-order valence-electron chi connectivity index (χ2n) is 8.43. The molecule has 0 aliphatic carbocycles. The van der Waals surface area contributed by atoms with Crippen LogP contribution < -0.4 is 0 Å². The Hall–Kier alpha value is -2.46. The molecule has 0 saturated carbocycles. The molecule has 31 heavy (non-hydrogen) atoms. The summed E-state index contributed by atoms with van der Waals surface area (Å²) in [7, 11) is 0. The second kappa shape index (κ2) is 11.2. The van der Waals surface area contributed by atoms with E-state index in [-0.39, 0.29) is 6.61 Å². The third-order valence-electron chi connectivity index (χ3n) is 6.20. The largest absolute Gasteiger partial charge is 0.396 e. The molecular formula is C28H33NO2. The van der Waals surface area contributed by atoms with Gasteiger partial charge in [0.2, 0.25) is 0 Å². The molecule has 0 saturated heterocycles. The summed E-state index contributed by atoms with van der Waals surface area (Å²) in [4.78, 5) is 2.59. The van der Waals surface area contributed by atoms with Crippen molar-refractivity contribution in [2.45, 2.75) is 44.9 Å². The van der Waals surface area contributed by atoms with Crippen LogP contribution in [0, 0.1) is 0 Å². The third-order valence-corrected chi connectivity index (χ3v) is 6.20. The lowest BCUT2D eigenvalue weighted by Crippen LogP contribution is -2.41. The zero-order valence-corrected chi connectivity index (χ0v) is 18.2. The lowest BCUT2D eigenvalue weighted by atomic mass is 9.94. The maximum Gasteiger partial charge on any atom is 0.0723 e. The van der Waals surface area contributed by atoms with E-state index in [2.05, 4.69) is 83.8 Å². The summed E-state index contributed by atoms with van der Waals surface area (Å²) in [5.41, 5.74) is 6.56. The smallest absolute Gasteiger partial charge is 0.0723 e. The molecule has 0 radical (unpaired) electrons. The highest BCUT2D eigenvalue weighted by molar-refractivity contribution is 5.70. The summed E-state index contributed by atoms with van der Waals surface area (Å²) in [6.45, 7) is 3.54. The molecule has 0 amide bonds. The monoisotopic (exact) mass is 415 g/mol. The second-order valence-corrected chi connectivity index (χ2v) is 8.43. The molecule has 3 nitrogen and oxygen atoms in total. The van der Waals surface area contributed by atoms with E-state index in [0.29, 0.717) is 19.3 Å². The predicted molar refractivity (Wildman–Crippen MR) is 127 cm³/mol. The molecule has 0 spiro atoms. The Balaban J connectivity index is 1.65. The van der Waals surface area contributed by atoms with E-state index in [4.69, 9.17) is 4.74 Å². The van der Waals surface area contributed by atoms with Crippen LogP contribution in [-0.4, -0.2) is 35.8 Å². The van der Waals surface area contributed by atoms with Crippen LogP contribution in [0.2, 0.25) is 0 Å². The van der Waals surface area contributed by atoms with Gasteiger partial charge in [-0.2, -0.15) is 0 Å². The fraction of sp³-hybridized carbons (Fsp3) is 0.357. The van der Waals surface area contributed by atoms with E-state index in [9.17, 15) is 5.11 Å². The van der Waals surface area contributed by atoms with Gasteiger partial charge in [0.05, 0.1) is 13.2 Å². The highest BCUT2D eigenvalue weighted by atomic mass is 16.5. The predicted octanol–water partition coefficient (Wildman–Crippen LogP) is 5.46. The molecule has 1 N–H and O–H groups in total. The van der Waals surface area contributed by atoms with Gasteiger partial charge in [0.25, 0.3) is 0 Å². The Morgan fingerprint density at radius 1 is 0.774 bits per heavy atom. The molecule has 0 aromatic heterocycles. The van der Waals surface area contributed by atoms with Crippen LogP contribution >= 0.6 is 0 Å². The minimum absolute atomic E-state index is 0.274. The van der Waals surface area contributed by atoms with Crippen LogP contribution in [0.5, 0.6) is 0 Å². The Bertz CT molecular complexity index is 941. The summed E-state index contributed by atoms with van der Waals surface area (Å²) < 4.78 is 6.31. The van der Waals surface area contributed by atoms with Gasteiger partial charge in [0.15, 0.2) is 0 Å². The molecule has 0 unspecified atom stereocenters. The fourth-order valence-electron chi connectivity index (χ4n) is 4.53. The van der Waals surface area contributed by atoms with Crippen LogP contribution in [0.25, 0.3) is 11.1 Å². The van der Waals surface area contributed by atoms with Crippen molar-refractivity contribution in [1.29, 1.82) is 0 Å². The average molecular weight is 416 g/mol. The van der Waals surface area contributed by atoms with Crippen LogP contribution in [0.1, 0.15) is 36.0 Å². The van der Waals surface area contributed by atoms with Gasteiger partial charge in [-0.25, -0.2) is 0 Å². The van der Waals surface area contributed by atoms with Gasteiger partial charge in [-0.1, -0.05) is 78.9 Å². The lowest BCUT2D eigenvalue weighted by molar-refractivity contribution is 0.0450. The van der Waals surface area contributed by atoms with Crippen molar-refractivity contribution < 1.29 is 9.84 Å². The first-order chi connectivity index (χ1) is 15.3. The van der Waals surface area contributed by atoms with E-state index >= 15 is 0 Å². The number of hydrogen-bond donors (Lipinski definition) is 1. The first kappa shape index (κ1) is 21.8. The number of hydrogen-bond acceptors (Lipinski definition) is 3. The van der Waals surface area contributed by atoms with Gasteiger partial charge in [-0.05, 0) is 60.0 Å². The summed E-state index contributed by atoms with van der Waals surface area (Å²) in [6.07, 6.45) is 3.99. The van der Waals surface area contributed by atoms with Gasteiger partial charge >= 0.3 is 0 Å². The van der Waals surface area contributed by atoms with Crippen molar-refractivity contribution in [3.63, 3.8) is 0 Å². The molecule has 3 heteroatoms. The van der Waals surface area contributed by atoms with E-state index < -0.39 is 0 Å². The lowest BCUT2D eigenvalue weighted by Gasteiger charge is -2.34. The number of benzene rings is 3. The minimum Gasteiger partial charge on any atom is -0.396 e. The number of aliphatic hydroxyl groups is 1. The number of rotatable bonds is 7. The molecule has 1 atom stereocenters. The zero-order valence-electron chi connectivity index (χ0n) is 18.2. The SMILES string of the molecule is OCCCCCN1Cc2ccccc2-c2ccccc2COC[C@@H]1Cc1ccccc1. The Kier molecular flexibility index (Phi) is 7.89. The van der Waals surface area contributed by atoms with Gasteiger partial charge in [-0.15, -0.1) is 0 Å². The van der Waals surface area contributed by atoms with Crippen molar-refractivity contribution in [2.75, 3.05) is 19.8 Å². The zero-order chi connectivity index (χ0) is 21.3. The maximum atomic E-state index is 9.19. The molecular weight excluding hydrogens is 382 g/mol. The Morgan fingerprint density at radius 3 is 2.23 bits per heavy atom. The normalized spacial score (nSPS) is 17.0. The third kappa shape index (κ3) is 5.82. The number of fused-ring (bicyclic) bond motifs is 3. The van der Waals surface area contributed by atoms with Crippen LogP contribution in [0.3, 0.4) is 0 Å². The molecule has 3 aromatic carbocycles. The fourth-order valence-corrected chi connectivity index (χ4v) is 4.53. The topological polar surface area (TPSA) is 32.7 Å².